The van der Waals surface area contributed by atoms with E-state index in [-0.39, 0.29) is 30.7 Å². The number of methoxy groups -OCH3 is 2. The van der Waals surface area contributed by atoms with Gasteiger partial charge < -0.3 is 21.1 Å². The van der Waals surface area contributed by atoms with Crippen LogP contribution in [0.15, 0.2) is 18.2 Å². The number of hydrogen-bond donors (Lipinski definition) is 0. The van der Waals surface area contributed by atoms with Gasteiger partial charge >= 0.3 is 0 Å². The van der Waals surface area contributed by atoms with E-state index in [4.69, 9.17) is 21.1 Å². The van der Waals surface area contributed by atoms with Crippen LogP contribution in [0.1, 0.15) is 41.5 Å². The first-order valence-electron chi connectivity index (χ1n) is 7.12. The Morgan fingerprint density at radius 1 is 0.955 bits per heavy atom. The molecule has 0 saturated heterocycles. The Kier molecular flexibility index (Phi) is 7.92. The number of hydrogen-bond acceptors (Lipinski definition) is 2. The van der Waals surface area contributed by atoms with Crippen molar-refractivity contribution in [3.63, 3.8) is 0 Å². The summed E-state index contributed by atoms with van der Waals surface area (Å²) < 4.78 is 11.2. The van der Waals surface area contributed by atoms with Gasteiger partial charge in [0.25, 0.3) is 0 Å². The van der Waals surface area contributed by atoms with Gasteiger partial charge in [0.1, 0.15) is 5.30 Å². The van der Waals surface area contributed by atoms with Crippen LogP contribution in [0, 0.1) is 5.62 Å². The van der Waals surface area contributed by atoms with Gasteiger partial charge in [-0.3, -0.25) is 0 Å². The Hall–Kier alpha value is 0.202. The van der Waals surface area contributed by atoms with Crippen LogP contribution in [0.5, 0.6) is 11.5 Å². The SMILES string of the molecule is COc1cccc([P+]([CH-]Cl)(C(C)(C)C)C(C)(C)C)c1OC.[Pd]. The average molecular weight is 437 g/mol. The van der Waals surface area contributed by atoms with Gasteiger partial charge in [-0.15, -0.1) is 0 Å². The molecule has 0 aromatic heterocycles. The fourth-order valence-electron chi connectivity index (χ4n) is 3.22. The number of halogens is 1. The molecule has 0 radical (unpaired) electrons. The van der Waals surface area contributed by atoms with Crippen LogP contribution in [0.25, 0.3) is 0 Å². The van der Waals surface area contributed by atoms with Crippen molar-refractivity contribution in [1.29, 1.82) is 0 Å². The summed E-state index contributed by atoms with van der Waals surface area (Å²) >= 11 is 6.48. The fourth-order valence-corrected chi connectivity index (χ4v) is 10.3. The fraction of sp³-hybridized carbons (Fsp3) is 0.588. The number of benzene rings is 1. The van der Waals surface area contributed by atoms with Crippen molar-refractivity contribution in [1.82, 2.24) is 0 Å². The molecular formula is C17H28ClO2PPd. The van der Waals surface area contributed by atoms with Gasteiger partial charge in [0.2, 0.25) is 5.75 Å². The van der Waals surface area contributed by atoms with E-state index in [2.05, 4.69) is 47.6 Å². The van der Waals surface area contributed by atoms with Crippen LogP contribution in [0.3, 0.4) is 0 Å². The van der Waals surface area contributed by atoms with Crippen LogP contribution >= 0.6 is 18.9 Å². The molecule has 0 heterocycles. The Labute approximate surface area is 155 Å². The van der Waals surface area contributed by atoms with Crippen molar-refractivity contribution in [3.8, 4) is 11.5 Å². The van der Waals surface area contributed by atoms with E-state index in [0.717, 1.165) is 11.5 Å². The monoisotopic (exact) mass is 436 g/mol. The van der Waals surface area contributed by atoms with Crippen LogP contribution in [0.4, 0.5) is 0 Å². The third kappa shape index (κ3) is 3.65. The van der Waals surface area contributed by atoms with E-state index in [1.165, 1.54) is 5.30 Å². The minimum Gasteiger partial charge on any atom is -0.493 e. The Morgan fingerprint density at radius 2 is 1.45 bits per heavy atom. The normalized spacial score (nSPS) is 12.6. The zero-order valence-corrected chi connectivity index (χ0v) is 18.0. The minimum absolute atomic E-state index is 0. The van der Waals surface area contributed by atoms with E-state index < -0.39 is 7.26 Å². The molecule has 22 heavy (non-hydrogen) atoms. The molecule has 1 aromatic carbocycles. The summed E-state index contributed by atoms with van der Waals surface area (Å²) in [7, 11) is 1.50. The maximum absolute atomic E-state index is 6.48. The van der Waals surface area contributed by atoms with Crippen molar-refractivity contribution >= 4 is 24.2 Å². The largest absolute Gasteiger partial charge is 0.493 e. The summed E-state index contributed by atoms with van der Waals surface area (Å²) in [4.78, 5) is 0. The van der Waals surface area contributed by atoms with Gasteiger partial charge in [0.15, 0.2) is 5.75 Å². The van der Waals surface area contributed by atoms with Crippen molar-refractivity contribution in [3.05, 3.63) is 23.8 Å². The second-order valence-corrected chi connectivity index (χ2v) is 12.6. The molecule has 0 N–H and O–H groups in total. The number of rotatable bonds is 4. The number of para-hydroxylation sites is 1. The second-order valence-electron chi connectivity index (χ2n) is 7.17. The molecule has 1 aromatic rings. The smallest absolute Gasteiger partial charge is 0.200 e. The van der Waals surface area contributed by atoms with Crippen LogP contribution < -0.4 is 14.8 Å². The van der Waals surface area contributed by atoms with E-state index >= 15 is 0 Å². The predicted molar refractivity (Wildman–Crippen MR) is 95.8 cm³/mol. The molecule has 0 aliphatic carbocycles. The van der Waals surface area contributed by atoms with E-state index in [0.29, 0.717) is 0 Å². The summed E-state index contributed by atoms with van der Waals surface area (Å²) in [5.74, 6) is 1.56. The molecular weight excluding hydrogens is 409 g/mol. The molecule has 2 nitrogen and oxygen atoms in total. The van der Waals surface area contributed by atoms with Gasteiger partial charge in [-0.1, -0.05) is 18.9 Å². The van der Waals surface area contributed by atoms with Crippen molar-refractivity contribution < 1.29 is 29.9 Å². The Balaban J connectivity index is 0.00000441. The Bertz CT molecular complexity index is 478. The third-order valence-electron chi connectivity index (χ3n) is 4.02. The first-order chi connectivity index (χ1) is 9.56. The molecule has 1 rings (SSSR count). The van der Waals surface area contributed by atoms with Gasteiger partial charge in [-0.2, -0.15) is 0 Å². The summed E-state index contributed by atoms with van der Waals surface area (Å²) in [6, 6.07) is 6.07. The first kappa shape index (κ1) is 22.2. The summed E-state index contributed by atoms with van der Waals surface area (Å²) in [6.07, 6.45) is 0. The van der Waals surface area contributed by atoms with E-state index in [9.17, 15) is 0 Å². The zero-order chi connectivity index (χ0) is 16.5. The molecule has 0 atom stereocenters. The van der Waals surface area contributed by atoms with E-state index in [1.54, 1.807) is 14.2 Å². The maximum Gasteiger partial charge on any atom is 0.200 e. The first-order valence-corrected chi connectivity index (χ1v) is 9.41. The molecule has 0 saturated carbocycles. The molecule has 0 bridgehead atoms. The topological polar surface area (TPSA) is 18.5 Å². The van der Waals surface area contributed by atoms with E-state index in [1.807, 2.05) is 17.8 Å². The molecule has 0 unspecified atom stereocenters. The Morgan fingerprint density at radius 3 is 1.77 bits per heavy atom. The maximum atomic E-state index is 6.48. The molecule has 0 aliphatic rings. The second kappa shape index (κ2) is 7.85. The predicted octanol–water partition coefficient (Wildman–Crippen LogP) is 5.30. The summed E-state index contributed by atoms with van der Waals surface area (Å²) in [6.45, 7) is 13.5. The van der Waals surface area contributed by atoms with Crippen molar-refractivity contribution in [2.75, 3.05) is 14.2 Å². The average Bonchev–Trinajstić information content (AvgIpc) is 2.36. The van der Waals surface area contributed by atoms with Crippen molar-refractivity contribution in [2.24, 2.45) is 0 Å². The zero-order valence-electron chi connectivity index (χ0n) is 14.8. The van der Waals surface area contributed by atoms with Crippen LogP contribution in [0.2, 0.25) is 0 Å². The van der Waals surface area contributed by atoms with Crippen LogP contribution in [-0.2, 0) is 20.4 Å². The number of ether oxygens (including phenoxy) is 2. The van der Waals surface area contributed by atoms with Gasteiger partial charge in [0.05, 0.1) is 24.5 Å². The minimum atomic E-state index is -1.86. The summed E-state index contributed by atoms with van der Waals surface area (Å²) in [5, 5.41) is 1.21. The standard InChI is InChI=1S/C17H28ClO2P.Pd/c1-16(2,3)21(12-18,17(4,5)6)14-11-9-10-13(19-7)15(14)20-8;/h9-12H,1-8H3;. The van der Waals surface area contributed by atoms with Gasteiger partial charge in [-0.25, -0.2) is 0 Å². The third-order valence-corrected chi connectivity index (χ3v) is 10.5. The molecule has 0 amide bonds. The van der Waals surface area contributed by atoms with Gasteiger partial charge in [-0.05, 0) is 53.7 Å². The molecule has 0 fully saturated rings. The van der Waals surface area contributed by atoms with Crippen LogP contribution in [-0.4, -0.2) is 24.5 Å². The summed E-state index contributed by atoms with van der Waals surface area (Å²) in [5.41, 5.74) is 1.91. The quantitative estimate of drug-likeness (QED) is 0.362. The molecule has 0 aliphatic heterocycles. The molecule has 0 spiro atoms. The molecule has 5 heteroatoms. The molecule has 130 valence electrons. The van der Waals surface area contributed by atoms with Crippen molar-refractivity contribution in [2.45, 2.75) is 51.9 Å². The van der Waals surface area contributed by atoms with Gasteiger partial charge in [0, 0.05) is 20.4 Å².